The van der Waals surface area contributed by atoms with Crippen LogP contribution in [0.25, 0.3) is 10.8 Å². The van der Waals surface area contributed by atoms with Crippen LogP contribution in [0.2, 0.25) is 0 Å². The van der Waals surface area contributed by atoms with Crippen molar-refractivity contribution in [3.63, 3.8) is 0 Å². The molecule has 2 atom stereocenters. The van der Waals surface area contributed by atoms with Crippen molar-refractivity contribution in [2.45, 2.75) is 51.4 Å². The van der Waals surface area contributed by atoms with Crippen molar-refractivity contribution in [1.29, 1.82) is 0 Å². The van der Waals surface area contributed by atoms with Crippen LogP contribution in [0.3, 0.4) is 0 Å². The summed E-state index contributed by atoms with van der Waals surface area (Å²) in [7, 11) is 0. The van der Waals surface area contributed by atoms with Gasteiger partial charge in [0.05, 0.1) is 0 Å². The number of thiocarbonyl (C=S) groups is 1. The first-order valence-corrected chi connectivity index (χ1v) is 13.8. The number of anilines is 1. The summed E-state index contributed by atoms with van der Waals surface area (Å²) in [6.07, 6.45) is 14.4. The molecule has 2 aromatic carbocycles. The molecule has 0 radical (unpaired) electrons. The van der Waals surface area contributed by atoms with E-state index in [0.717, 1.165) is 24.0 Å². The lowest BCUT2D eigenvalue weighted by atomic mass is 9.69. The molecule has 2 aromatic rings. The Labute approximate surface area is 217 Å². The number of unbranched alkanes of at least 4 members (excludes halogenated alkanes) is 3. The van der Waals surface area contributed by atoms with Gasteiger partial charge in [0.25, 0.3) is 0 Å². The second-order valence-electron chi connectivity index (χ2n) is 10.5. The molecule has 1 spiro atoms. The van der Waals surface area contributed by atoms with Crippen molar-refractivity contribution >= 4 is 33.8 Å². The molecule has 1 saturated carbocycles. The lowest BCUT2D eigenvalue weighted by Crippen LogP contribution is -2.42. The first-order chi connectivity index (χ1) is 17.1. The highest BCUT2D eigenvalue weighted by molar-refractivity contribution is 7.80. The molecular weight excluding hydrogens is 448 g/mol. The zero-order valence-electron chi connectivity index (χ0n) is 21.1. The standard InChI is InChI=1S/C30H42N4S/c1-3-24-16-17-30(27(24)4-2)18-22-33(23-19-30)20-9-5-6-10-21-34(31)29(35)32-28-15-11-13-25-12-7-8-14-26(25)28/h3-4,7-8,11-15,24,27H,1-2,5-6,9-10,16-23,31H2,(H,32,35). The van der Waals surface area contributed by atoms with Crippen LogP contribution in [-0.2, 0) is 0 Å². The van der Waals surface area contributed by atoms with Crippen LogP contribution in [-0.4, -0.2) is 41.2 Å². The minimum Gasteiger partial charge on any atom is -0.331 e. The number of benzene rings is 2. The zero-order chi connectivity index (χ0) is 24.7. The van der Waals surface area contributed by atoms with E-state index in [9.17, 15) is 0 Å². The molecule has 0 amide bonds. The fourth-order valence-electron chi connectivity index (χ4n) is 6.34. The van der Waals surface area contributed by atoms with Crippen LogP contribution in [0, 0.1) is 17.3 Å². The maximum absolute atomic E-state index is 6.25. The van der Waals surface area contributed by atoms with Gasteiger partial charge in [-0.05, 0) is 99.1 Å². The summed E-state index contributed by atoms with van der Waals surface area (Å²) in [6, 6.07) is 14.5. The Morgan fingerprint density at radius 2 is 1.77 bits per heavy atom. The number of likely N-dealkylation sites (tertiary alicyclic amines) is 1. The highest BCUT2D eigenvalue weighted by Gasteiger charge is 2.46. The third-order valence-corrected chi connectivity index (χ3v) is 8.80. The first-order valence-electron chi connectivity index (χ1n) is 13.3. The van der Waals surface area contributed by atoms with Crippen LogP contribution < -0.4 is 11.2 Å². The number of nitrogens with zero attached hydrogens (tertiary/aromatic N) is 2. The lowest BCUT2D eigenvalue weighted by Gasteiger charge is -2.43. The monoisotopic (exact) mass is 490 g/mol. The summed E-state index contributed by atoms with van der Waals surface area (Å²) >= 11 is 5.55. The summed E-state index contributed by atoms with van der Waals surface area (Å²) in [5.74, 6) is 7.51. The van der Waals surface area contributed by atoms with Gasteiger partial charge in [-0.15, -0.1) is 13.2 Å². The Balaban J connectivity index is 1.11. The van der Waals surface area contributed by atoms with Crippen LogP contribution in [0.5, 0.6) is 0 Å². The van der Waals surface area contributed by atoms with Crippen molar-refractivity contribution in [1.82, 2.24) is 9.91 Å². The fourth-order valence-corrected chi connectivity index (χ4v) is 6.54. The molecule has 2 fully saturated rings. The molecule has 1 saturated heterocycles. The van der Waals surface area contributed by atoms with Gasteiger partial charge >= 0.3 is 0 Å². The molecule has 4 rings (SSSR count). The molecule has 1 aliphatic heterocycles. The SMILES string of the molecule is C=CC1CCC2(CCN(CCCCCCN(N)C(=S)Nc3cccc4ccccc34)CC2)C1C=C. The van der Waals surface area contributed by atoms with Gasteiger partial charge in [-0.25, -0.2) is 5.84 Å². The van der Waals surface area contributed by atoms with E-state index in [2.05, 4.69) is 53.7 Å². The number of piperidine rings is 1. The van der Waals surface area contributed by atoms with E-state index in [1.807, 2.05) is 24.3 Å². The van der Waals surface area contributed by atoms with Gasteiger partial charge in [0.1, 0.15) is 0 Å². The summed E-state index contributed by atoms with van der Waals surface area (Å²) in [5.41, 5.74) is 1.49. The summed E-state index contributed by atoms with van der Waals surface area (Å²) in [4.78, 5) is 2.67. The molecule has 35 heavy (non-hydrogen) atoms. The van der Waals surface area contributed by atoms with E-state index in [0.29, 0.717) is 22.4 Å². The van der Waals surface area contributed by atoms with Crippen molar-refractivity contribution in [2.75, 3.05) is 31.5 Å². The number of hydrogen-bond acceptors (Lipinski definition) is 3. The fraction of sp³-hybridized carbons (Fsp3) is 0.500. The maximum atomic E-state index is 6.25. The number of hydrazine groups is 1. The quantitative estimate of drug-likeness (QED) is 0.127. The van der Waals surface area contributed by atoms with Crippen molar-refractivity contribution in [2.24, 2.45) is 23.1 Å². The van der Waals surface area contributed by atoms with Crippen molar-refractivity contribution in [3.8, 4) is 0 Å². The number of rotatable bonds is 10. The third kappa shape index (κ3) is 6.14. The number of nitrogens with two attached hydrogens (primary N) is 1. The van der Waals surface area contributed by atoms with Gasteiger partial charge in [0, 0.05) is 17.6 Å². The molecule has 0 aromatic heterocycles. The minimum atomic E-state index is 0.486. The van der Waals surface area contributed by atoms with Gasteiger partial charge in [-0.3, -0.25) is 5.01 Å². The molecule has 0 bridgehead atoms. The molecule has 2 unspecified atom stereocenters. The van der Waals surface area contributed by atoms with Crippen LogP contribution in [0.15, 0.2) is 67.8 Å². The molecule has 1 heterocycles. The number of allylic oxidation sites excluding steroid dienone is 2. The van der Waals surface area contributed by atoms with Gasteiger partial charge in [-0.2, -0.15) is 0 Å². The Hall–Kier alpha value is -2.21. The van der Waals surface area contributed by atoms with Gasteiger partial charge < -0.3 is 10.2 Å². The van der Waals surface area contributed by atoms with E-state index < -0.39 is 0 Å². The highest BCUT2D eigenvalue weighted by atomic mass is 32.1. The minimum absolute atomic E-state index is 0.486. The second-order valence-corrected chi connectivity index (χ2v) is 10.9. The Bertz CT molecular complexity index is 1010. The molecule has 5 heteroatoms. The van der Waals surface area contributed by atoms with Gasteiger partial charge in [-0.1, -0.05) is 61.4 Å². The van der Waals surface area contributed by atoms with E-state index >= 15 is 0 Å². The lowest BCUT2D eigenvalue weighted by molar-refractivity contribution is 0.0788. The molecule has 1 aliphatic carbocycles. The molecule has 2 aliphatic rings. The van der Waals surface area contributed by atoms with Crippen LogP contribution in [0.1, 0.15) is 51.4 Å². The predicted octanol–water partition coefficient (Wildman–Crippen LogP) is 6.75. The van der Waals surface area contributed by atoms with E-state index in [1.165, 1.54) is 70.0 Å². The highest BCUT2D eigenvalue weighted by Crippen LogP contribution is 2.54. The summed E-state index contributed by atoms with van der Waals surface area (Å²) < 4.78 is 0. The van der Waals surface area contributed by atoms with E-state index in [-0.39, 0.29) is 0 Å². The molecule has 188 valence electrons. The second kappa shape index (κ2) is 12.2. The number of hydrogen-bond donors (Lipinski definition) is 2. The molecule has 3 N–H and O–H groups in total. The number of nitrogens with one attached hydrogen (secondary N) is 1. The van der Waals surface area contributed by atoms with Crippen LogP contribution >= 0.6 is 12.2 Å². The Morgan fingerprint density at radius 3 is 2.54 bits per heavy atom. The maximum Gasteiger partial charge on any atom is 0.187 e. The topological polar surface area (TPSA) is 44.5 Å². The smallest absolute Gasteiger partial charge is 0.187 e. The Kier molecular flexibility index (Phi) is 8.99. The number of fused-ring (bicyclic) bond motifs is 1. The first kappa shape index (κ1) is 25.9. The van der Waals surface area contributed by atoms with Gasteiger partial charge in [0.2, 0.25) is 0 Å². The van der Waals surface area contributed by atoms with Crippen molar-refractivity contribution < 1.29 is 0 Å². The van der Waals surface area contributed by atoms with Gasteiger partial charge in [0.15, 0.2) is 5.11 Å². The summed E-state index contributed by atoms with van der Waals surface area (Å²) in [6.45, 7) is 12.7. The predicted molar refractivity (Wildman–Crippen MR) is 154 cm³/mol. The zero-order valence-corrected chi connectivity index (χ0v) is 21.9. The largest absolute Gasteiger partial charge is 0.331 e. The summed E-state index contributed by atoms with van der Waals surface area (Å²) in [5, 5.41) is 7.93. The average Bonchev–Trinajstić information content (AvgIpc) is 3.24. The van der Waals surface area contributed by atoms with E-state index in [4.69, 9.17) is 18.1 Å². The Morgan fingerprint density at radius 1 is 1.03 bits per heavy atom. The third-order valence-electron chi connectivity index (χ3n) is 8.47. The average molecular weight is 491 g/mol. The molecule has 4 nitrogen and oxygen atoms in total. The van der Waals surface area contributed by atoms with E-state index in [1.54, 1.807) is 5.01 Å². The molecular formula is C30H42N4S. The van der Waals surface area contributed by atoms with Crippen molar-refractivity contribution in [3.05, 3.63) is 67.8 Å². The van der Waals surface area contributed by atoms with Crippen LogP contribution in [0.4, 0.5) is 5.69 Å². The normalized spacial score (nSPS) is 21.7.